The van der Waals surface area contributed by atoms with Gasteiger partial charge in [-0.05, 0) is 54.9 Å². The van der Waals surface area contributed by atoms with Crippen LogP contribution in [-0.4, -0.2) is 78.5 Å². The zero-order valence-corrected chi connectivity index (χ0v) is 23.0. The van der Waals surface area contributed by atoms with Crippen molar-refractivity contribution >= 4 is 40.8 Å². The number of nitrogens with one attached hydrogen (secondary N) is 1. The van der Waals surface area contributed by atoms with Gasteiger partial charge in [-0.2, -0.15) is 4.98 Å². The molecule has 0 radical (unpaired) electrons. The first kappa shape index (κ1) is 25.8. The fourth-order valence-electron chi connectivity index (χ4n) is 5.71. The number of fused-ring (bicyclic) bond motifs is 2. The molecule has 1 fully saturated rings. The highest BCUT2D eigenvalue weighted by Crippen LogP contribution is 2.35. The monoisotopic (exact) mass is 538 g/mol. The Morgan fingerprint density at radius 1 is 1.02 bits per heavy atom. The summed E-state index contributed by atoms with van der Waals surface area (Å²) in [6, 6.07) is 14.2. The zero-order chi connectivity index (χ0) is 27.8. The molecule has 206 valence electrons. The van der Waals surface area contributed by atoms with E-state index >= 15 is 0 Å². The molecule has 1 N–H and O–H groups in total. The van der Waals surface area contributed by atoms with Crippen LogP contribution in [0.1, 0.15) is 16.7 Å². The molecular weight excluding hydrogens is 504 g/mol. The first-order valence-corrected chi connectivity index (χ1v) is 13.6. The number of likely N-dealkylation sites (N-methyl/N-ethyl adjacent to an activating group) is 1. The molecule has 0 bridgehead atoms. The van der Waals surface area contributed by atoms with Crippen molar-refractivity contribution in [2.24, 2.45) is 0 Å². The van der Waals surface area contributed by atoms with E-state index in [0.717, 1.165) is 60.7 Å². The van der Waals surface area contributed by atoms with Crippen LogP contribution in [0.15, 0.2) is 61.3 Å². The molecule has 10 nitrogen and oxygen atoms in total. The molecule has 0 unspecified atom stereocenters. The third kappa shape index (κ3) is 4.86. The molecule has 0 saturated carbocycles. The van der Waals surface area contributed by atoms with Crippen molar-refractivity contribution in [3.05, 3.63) is 78.0 Å². The lowest BCUT2D eigenvalue weighted by atomic mass is 10.1. The largest absolute Gasteiger partial charge is 0.369 e. The lowest BCUT2D eigenvalue weighted by Gasteiger charge is -2.34. The van der Waals surface area contributed by atoms with Crippen LogP contribution in [0.5, 0.6) is 0 Å². The van der Waals surface area contributed by atoms with E-state index in [1.54, 1.807) is 27.9 Å². The second kappa shape index (κ2) is 10.6. The third-order valence-corrected chi connectivity index (χ3v) is 7.95. The number of anilines is 5. The maximum atomic E-state index is 13.4. The summed E-state index contributed by atoms with van der Waals surface area (Å²) in [5.74, 6) is 0.911. The highest BCUT2D eigenvalue weighted by Gasteiger charge is 2.32. The fraction of sp³-hybridized carbons (Fsp3) is 0.333. The highest BCUT2D eigenvalue weighted by atomic mass is 16.2. The van der Waals surface area contributed by atoms with Gasteiger partial charge >= 0.3 is 6.03 Å². The number of rotatable bonds is 6. The number of amides is 3. The van der Waals surface area contributed by atoms with Gasteiger partial charge in [-0.15, -0.1) is 0 Å². The number of urea groups is 1. The van der Waals surface area contributed by atoms with Crippen molar-refractivity contribution in [3.63, 3.8) is 0 Å². The number of para-hydroxylation sites is 1. The van der Waals surface area contributed by atoms with Gasteiger partial charge in [0.05, 0.1) is 12.2 Å². The Balaban J connectivity index is 1.17. The quantitative estimate of drug-likeness (QED) is 0.480. The SMILES string of the molecule is C=CC(=O)N1CCc2cccc(CN3Cc4cnc(Nc5ccc(N6CCN(C)CC6)cc5)nc4N(C)C3=O)c21. The number of hydrogen-bond donors (Lipinski definition) is 1. The second-order valence-corrected chi connectivity index (χ2v) is 10.6. The van der Waals surface area contributed by atoms with Crippen LogP contribution >= 0.6 is 0 Å². The smallest absolute Gasteiger partial charge is 0.326 e. The van der Waals surface area contributed by atoms with Crippen LogP contribution in [0.25, 0.3) is 0 Å². The summed E-state index contributed by atoms with van der Waals surface area (Å²) >= 11 is 0. The predicted octanol–water partition coefficient (Wildman–Crippen LogP) is 3.62. The summed E-state index contributed by atoms with van der Waals surface area (Å²) in [7, 11) is 3.89. The standard InChI is InChI=1S/C30H34N8O2/c1-4-26(39)38-13-12-21-6-5-7-22(27(21)38)19-37-20-23-18-31-29(33-28(23)35(3)30(37)40)32-24-8-10-25(11-9-24)36-16-14-34(2)15-17-36/h4-11,18H,1,12-17,19-20H2,2-3H3,(H,31,32,33). The van der Waals surface area contributed by atoms with Crippen LogP contribution in [0, 0.1) is 0 Å². The molecule has 4 heterocycles. The Hall–Kier alpha value is -4.44. The normalized spacial score (nSPS) is 17.1. The van der Waals surface area contributed by atoms with Crippen LogP contribution in [0.3, 0.4) is 0 Å². The molecule has 10 heteroatoms. The number of benzene rings is 2. The van der Waals surface area contributed by atoms with E-state index in [2.05, 4.69) is 50.8 Å². The van der Waals surface area contributed by atoms with Crippen molar-refractivity contribution < 1.29 is 9.59 Å². The summed E-state index contributed by atoms with van der Waals surface area (Å²) in [5.41, 5.74) is 5.90. The number of carbonyl (C=O) groups is 2. The number of nitrogens with zero attached hydrogens (tertiary/aromatic N) is 7. The van der Waals surface area contributed by atoms with Gasteiger partial charge in [-0.3, -0.25) is 9.69 Å². The molecular formula is C30H34N8O2. The summed E-state index contributed by atoms with van der Waals surface area (Å²) in [6.45, 7) is 9.20. The van der Waals surface area contributed by atoms with E-state index in [-0.39, 0.29) is 11.9 Å². The number of aromatic nitrogens is 2. The summed E-state index contributed by atoms with van der Waals surface area (Å²) < 4.78 is 0. The highest BCUT2D eigenvalue weighted by molar-refractivity contribution is 6.03. The van der Waals surface area contributed by atoms with Crippen molar-refractivity contribution in [1.29, 1.82) is 0 Å². The summed E-state index contributed by atoms with van der Waals surface area (Å²) in [5, 5.41) is 3.28. The topological polar surface area (TPSA) is 88.2 Å². The average molecular weight is 539 g/mol. The van der Waals surface area contributed by atoms with E-state index < -0.39 is 0 Å². The molecule has 1 saturated heterocycles. The van der Waals surface area contributed by atoms with Crippen LogP contribution in [-0.2, 0) is 24.3 Å². The molecule has 3 aliphatic rings. The van der Waals surface area contributed by atoms with Gasteiger partial charge in [0.1, 0.15) is 5.82 Å². The van der Waals surface area contributed by atoms with E-state index in [1.807, 2.05) is 30.3 Å². The maximum absolute atomic E-state index is 13.4. The molecule has 1 aromatic heterocycles. The van der Waals surface area contributed by atoms with Gasteiger partial charge in [0.2, 0.25) is 11.9 Å². The van der Waals surface area contributed by atoms with Crippen molar-refractivity contribution in [2.45, 2.75) is 19.5 Å². The van der Waals surface area contributed by atoms with Gasteiger partial charge < -0.3 is 24.9 Å². The molecule has 40 heavy (non-hydrogen) atoms. The van der Waals surface area contributed by atoms with Gasteiger partial charge in [-0.25, -0.2) is 9.78 Å². The number of hydrogen-bond acceptors (Lipinski definition) is 7. The lowest BCUT2D eigenvalue weighted by Crippen LogP contribution is -2.45. The summed E-state index contributed by atoms with van der Waals surface area (Å²) in [6.07, 6.45) is 3.91. The van der Waals surface area contributed by atoms with Crippen LogP contribution in [0.4, 0.5) is 33.6 Å². The first-order valence-electron chi connectivity index (χ1n) is 13.6. The van der Waals surface area contributed by atoms with E-state index in [9.17, 15) is 9.59 Å². The molecule has 6 rings (SSSR count). The molecule has 0 atom stereocenters. The Labute approximate surface area is 234 Å². The molecule has 0 aliphatic carbocycles. The first-order chi connectivity index (χ1) is 19.4. The van der Waals surface area contributed by atoms with Gasteiger partial charge in [0.15, 0.2) is 0 Å². The molecule has 2 aromatic carbocycles. The fourth-order valence-corrected chi connectivity index (χ4v) is 5.71. The Kier molecular flexibility index (Phi) is 6.85. The number of carbonyl (C=O) groups excluding carboxylic acids is 2. The Morgan fingerprint density at radius 3 is 2.55 bits per heavy atom. The Morgan fingerprint density at radius 2 is 1.80 bits per heavy atom. The van der Waals surface area contributed by atoms with Gasteiger partial charge in [0, 0.05) is 69.5 Å². The van der Waals surface area contributed by atoms with Crippen molar-refractivity contribution in [1.82, 2.24) is 19.8 Å². The predicted molar refractivity (Wildman–Crippen MR) is 157 cm³/mol. The minimum absolute atomic E-state index is 0.124. The van der Waals surface area contributed by atoms with E-state index in [1.165, 1.54) is 11.8 Å². The lowest BCUT2D eigenvalue weighted by molar-refractivity contribution is -0.114. The van der Waals surface area contributed by atoms with Crippen LogP contribution in [0.2, 0.25) is 0 Å². The molecule has 3 amide bonds. The zero-order valence-electron chi connectivity index (χ0n) is 23.0. The van der Waals surface area contributed by atoms with E-state index in [0.29, 0.717) is 31.4 Å². The molecule has 0 spiro atoms. The number of piperazine rings is 1. The summed E-state index contributed by atoms with van der Waals surface area (Å²) in [4.78, 5) is 44.9. The second-order valence-electron chi connectivity index (χ2n) is 10.6. The van der Waals surface area contributed by atoms with E-state index in [4.69, 9.17) is 0 Å². The maximum Gasteiger partial charge on any atom is 0.326 e. The minimum atomic E-state index is -0.147. The van der Waals surface area contributed by atoms with Gasteiger partial charge in [0.25, 0.3) is 0 Å². The Bertz CT molecular complexity index is 1450. The van der Waals surface area contributed by atoms with Gasteiger partial charge in [-0.1, -0.05) is 24.8 Å². The molecule has 3 aromatic rings. The minimum Gasteiger partial charge on any atom is -0.369 e. The average Bonchev–Trinajstić information content (AvgIpc) is 3.42. The van der Waals surface area contributed by atoms with Crippen molar-refractivity contribution in [2.75, 3.05) is 66.8 Å². The van der Waals surface area contributed by atoms with Crippen LogP contribution < -0.4 is 20.0 Å². The van der Waals surface area contributed by atoms with Crippen molar-refractivity contribution in [3.8, 4) is 0 Å². The third-order valence-electron chi connectivity index (χ3n) is 7.95. The molecule has 3 aliphatic heterocycles.